The van der Waals surface area contributed by atoms with Crippen LogP contribution in [0.4, 0.5) is 4.39 Å². The summed E-state index contributed by atoms with van der Waals surface area (Å²) in [4.78, 5) is 4.72. The average Bonchev–Trinajstić information content (AvgIpc) is 2.80. The van der Waals surface area contributed by atoms with E-state index in [0.717, 1.165) is 34.6 Å². The van der Waals surface area contributed by atoms with E-state index in [4.69, 9.17) is 10.7 Å². The van der Waals surface area contributed by atoms with Gasteiger partial charge in [-0.25, -0.2) is 9.37 Å². The van der Waals surface area contributed by atoms with E-state index in [1.165, 1.54) is 6.07 Å². The molecule has 3 rings (SSSR count). The number of halogens is 1. The van der Waals surface area contributed by atoms with E-state index in [1.54, 1.807) is 13.0 Å². The Morgan fingerprint density at radius 2 is 2.00 bits per heavy atom. The Morgan fingerprint density at radius 1 is 1.19 bits per heavy atom. The van der Waals surface area contributed by atoms with E-state index in [0.29, 0.717) is 12.1 Å². The zero-order chi connectivity index (χ0) is 15.0. The second-order valence-corrected chi connectivity index (χ2v) is 5.34. The highest BCUT2D eigenvalue weighted by molar-refractivity contribution is 5.67. The summed E-state index contributed by atoms with van der Waals surface area (Å²) in [5, 5.41) is 0. The standard InChI is InChI=1S/C17H18FN3/c1-11-6-8-21-15(5-7-19)17(20-16(21)9-11)13-3-4-14(18)12(2)10-13/h3-4,6,8-10H,5,7,19H2,1-2H3. The van der Waals surface area contributed by atoms with Crippen molar-refractivity contribution in [2.45, 2.75) is 20.3 Å². The fourth-order valence-corrected chi connectivity index (χ4v) is 2.60. The molecule has 0 spiro atoms. The summed E-state index contributed by atoms with van der Waals surface area (Å²) in [5.74, 6) is -0.196. The Kier molecular flexibility index (Phi) is 3.47. The molecule has 0 atom stereocenters. The van der Waals surface area contributed by atoms with Crippen LogP contribution in [0.15, 0.2) is 36.5 Å². The molecule has 0 unspecified atom stereocenters. The molecule has 2 N–H and O–H groups in total. The number of nitrogens with zero attached hydrogens (tertiary/aromatic N) is 2. The van der Waals surface area contributed by atoms with Gasteiger partial charge in [-0.2, -0.15) is 0 Å². The summed E-state index contributed by atoms with van der Waals surface area (Å²) < 4.78 is 15.5. The Labute approximate surface area is 123 Å². The smallest absolute Gasteiger partial charge is 0.137 e. The fourth-order valence-electron chi connectivity index (χ4n) is 2.60. The normalized spacial score (nSPS) is 11.2. The van der Waals surface area contributed by atoms with Crippen LogP contribution in [0.1, 0.15) is 16.8 Å². The summed E-state index contributed by atoms with van der Waals surface area (Å²) in [6.45, 7) is 4.36. The first kappa shape index (κ1) is 13.8. The topological polar surface area (TPSA) is 43.3 Å². The molecule has 0 radical (unpaired) electrons. The molecule has 1 aromatic carbocycles. The van der Waals surface area contributed by atoms with Gasteiger partial charge in [-0.15, -0.1) is 0 Å². The van der Waals surface area contributed by atoms with Gasteiger partial charge in [-0.1, -0.05) is 0 Å². The third-order valence-corrected chi connectivity index (χ3v) is 3.69. The third kappa shape index (κ3) is 2.43. The summed E-state index contributed by atoms with van der Waals surface area (Å²) in [5.41, 5.74) is 11.3. The minimum absolute atomic E-state index is 0.196. The minimum Gasteiger partial charge on any atom is -0.330 e. The van der Waals surface area contributed by atoms with Crippen molar-refractivity contribution in [3.8, 4) is 11.3 Å². The molecule has 0 saturated carbocycles. The SMILES string of the molecule is Cc1ccn2c(CCN)c(-c3ccc(F)c(C)c3)nc2c1. The Balaban J connectivity index is 2.24. The number of aryl methyl sites for hydroxylation is 2. The molecule has 3 aromatic rings. The summed E-state index contributed by atoms with van der Waals surface area (Å²) in [6.07, 6.45) is 2.75. The van der Waals surface area contributed by atoms with Gasteiger partial charge in [0.25, 0.3) is 0 Å². The first-order chi connectivity index (χ1) is 10.1. The summed E-state index contributed by atoms with van der Waals surface area (Å²) in [7, 11) is 0. The lowest BCUT2D eigenvalue weighted by molar-refractivity contribution is 0.618. The van der Waals surface area contributed by atoms with Crippen LogP contribution in [0, 0.1) is 19.7 Å². The van der Waals surface area contributed by atoms with Crippen molar-refractivity contribution in [1.29, 1.82) is 0 Å². The van der Waals surface area contributed by atoms with Crippen molar-refractivity contribution in [3.05, 3.63) is 59.2 Å². The number of hydrogen-bond acceptors (Lipinski definition) is 2. The first-order valence-corrected chi connectivity index (χ1v) is 7.04. The highest BCUT2D eigenvalue weighted by atomic mass is 19.1. The quantitative estimate of drug-likeness (QED) is 0.801. The molecule has 21 heavy (non-hydrogen) atoms. The number of rotatable bonds is 3. The number of hydrogen-bond donors (Lipinski definition) is 1. The van der Waals surface area contributed by atoms with Crippen LogP contribution in [0.2, 0.25) is 0 Å². The van der Waals surface area contributed by atoms with E-state index in [9.17, 15) is 4.39 Å². The molecule has 0 saturated heterocycles. The van der Waals surface area contributed by atoms with Gasteiger partial charge < -0.3 is 10.1 Å². The summed E-state index contributed by atoms with van der Waals surface area (Å²) >= 11 is 0. The van der Waals surface area contributed by atoms with Gasteiger partial charge in [0.05, 0.1) is 11.4 Å². The van der Waals surface area contributed by atoms with Crippen molar-refractivity contribution in [2.24, 2.45) is 5.73 Å². The lowest BCUT2D eigenvalue weighted by Gasteiger charge is -2.05. The van der Waals surface area contributed by atoms with Crippen LogP contribution in [0.3, 0.4) is 0 Å². The lowest BCUT2D eigenvalue weighted by atomic mass is 10.1. The maximum atomic E-state index is 13.5. The number of benzene rings is 1. The molecule has 0 fully saturated rings. The van der Waals surface area contributed by atoms with Crippen molar-refractivity contribution in [1.82, 2.24) is 9.38 Å². The van der Waals surface area contributed by atoms with Gasteiger partial charge in [0, 0.05) is 18.2 Å². The number of nitrogens with two attached hydrogens (primary N) is 1. The predicted octanol–water partition coefficient (Wildman–Crippen LogP) is 3.26. The largest absolute Gasteiger partial charge is 0.330 e. The fraction of sp³-hybridized carbons (Fsp3) is 0.235. The zero-order valence-corrected chi connectivity index (χ0v) is 12.2. The monoisotopic (exact) mass is 283 g/mol. The van der Waals surface area contributed by atoms with Gasteiger partial charge in [-0.3, -0.25) is 0 Å². The van der Waals surface area contributed by atoms with E-state index in [1.807, 2.05) is 31.3 Å². The second-order valence-electron chi connectivity index (χ2n) is 5.34. The highest BCUT2D eigenvalue weighted by Crippen LogP contribution is 2.26. The van der Waals surface area contributed by atoms with Crippen molar-refractivity contribution >= 4 is 5.65 Å². The second kappa shape index (κ2) is 5.30. The molecule has 0 bridgehead atoms. The maximum Gasteiger partial charge on any atom is 0.137 e. The molecule has 2 heterocycles. The van der Waals surface area contributed by atoms with Gasteiger partial charge in [0.1, 0.15) is 11.5 Å². The van der Waals surface area contributed by atoms with Crippen LogP contribution >= 0.6 is 0 Å². The molecular weight excluding hydrogens is 265 g/mol. The maximum absolute atomic E-state index is 13.5. The number of imidazole rings is 1. The molecule has 108 valence electrons. The van der Waals surface area contributed by atoms with Crippen LogP contribution in [-0.4, -0.2) is 15.9 Å². The van der Waals surface area contributed by atoms with E-state index in [-0.39, 0.29) is 5.82 Å². The number of fused-ring (bicyclic) bond motifs is 1. The van der Waals surface area contributed by atoms with Crippen LogP contribution < -0.4 is 5.73 Å². The third-order valence-electron chi connectivity index (χ3n) is 3.69. The molecule has 4 heteroatoms. The average molecular weight is 283 g/mol. The van der Waals surface area contributed by atoms with Gasteiger partial charge >= 0.3 is 0 Å². The van der Waals surface area contributed by atoms with Crippen molar-refractivity contribution in [3.63, 3.8) is 0 Å². The van der Waals surface area contributed by atoms with Gasteiger partial charge in [-0.05, 0) is 61.9 Å². The Bertz CT molecular complexity index is 805. The van der Waals surface area contributed by atoms with E-state index < -0.39 is 0 Å². The molecule has 0 aliphatic heterocycles. The molecular formula is C17H18FN3. The Hall–Kier alpha value is -2.20. The predicted molar refractivity (Wildman–Crippen MR) is 82.8 cm³/mol. The molecule has 2 aromatic heterocycles. The van der Waals surface area contributed by atoms with Gasteiger partial charge in [0.15, 0.2) is 0 Å². The van der Waals surface area contributed by atoms with Crippen LogP contribution in [0.25, 0.3) is 16.9 Å². The van der Waals surface area contributed by atoms with Crippen molar-refractivity contribution < 1.29 is 4.39 Å². The van der Waals surface area contributed by atoms with Crippen molar-refractivity contribution in [2.75, 3.05) is 6.54 Å². The first-order valence-electron chi connectivity index (χ1n) is 7.04. The van der Waals surface area contributed by atoms with Crippen LogP contribution in [0.5, 0.6) is 0 Å². The molecule has 0 aliphatic rings. The molecule has 0 aliphatic carbocycles. The van der Waals surface area contributed by atoms with E-state index >= 15 is 0 Å². The number of pyridine rings is 1. The summed E-state index contributed by atoms with van der Waals surface area (Å²) in [6, 6.07) is 9.20. The Morgan fingerprint density at radius 3 is 2.71 bits per heavy atom. The molecule has 3 nitrogen and oxygen atoms in total. The highest BCUT2D eigenvalue weighted by Gasteiger charge is 2.14. The minimum atomic E-state index is -0.196. The zero-order valence-electron chi connectivity index (χ0n) is 12.2. The lowest BCUT2D eigenvalue weighted by Crippen LogP contribution is -2.06. The van der Waals surface area contributed by atoms with E-state index in [2.05, 4.69) is 4.40 Å². The van der Waals surface area contributed by atoms with Gasteiger partial charge in [0.2, 0.25) is 0 Å². The number of aromatic nitrogens is 2. The van der Waals surface area contributed by atoms with Crippen LogP contribution in [-0.2, 0) is 6.42 Å². The molecule has 0 amide bonds.